The van der Waals surface area contributed by atoms with Crippen LogP contribution in [0.2, 0.25) is 0 Å². The highest BCUT2D eigenvalue weighted by Gasteiger charge is 2.01. The maximum atomic E-state index is 13.0. The fourth-order valence-electron chi connectivity index (χ4n) is 1.46. The Morgan fingerprint density at radius 3 is 2.56 bits per heavy atom. The van der Waals surface area contributed by atoms with Crippen molar-refractivity contribution in [3.8, 4) is 5.75 Å². The van der Waals surface area contributed by atoms with Crippen molar-refractivity contribution in [2.45, 2.75) is 6.61 Å². The lowest BCUT2D eigenvalue weighted by Crippen LogP contribution is -2.09. The first kappa shape index (κ1) is 10.7. The molecular formula is C13H12BFO. The number of rotatable bonds is 3. The van der Waals surface area contributed by atoms with Crippen molar-refractivity contribution >= 4 is 13.3 Å². The molecule has 0 saturated heterocycles. The highest BCUT2D eigenvalue weighted by Crippen LogP contribution is 2.11. The van der Waals surface area contributed by atoms with E-state index in [9.17, 15) is 4.39 Å². The zero-order valence-corrected chi connectivity index (χ0v) is 9.11. The summed E-state index contributed by atoms with van der Waals surface area (Å²) in [6, 6.07) is 14.4. The van der Waals surface area contributed by atoms with Gasteiger partial charge in [-0.05, 0) is 17.1 Å². The lowest BCUT2D eigenvalue weighted by Gasteiger charge is -2.09. The van der Waals surface area contributed by atoms with E-state index in [0.717, 1.165) is 11.0 Å². The quantitative estimate of drug-likeness (QED) is 0.706. The molecule has 0 unspecified atom stereocenters. The molecule has 0 bridgehead atoms. The van der Waals surface area contributed by atoms with E-state index in [1.165, 1.54) is 12.1 Å². The van der Waals surface area contributed by atoms with Gasteiger partial charge in [0.15, 0.2) is 0 Å². The Labute approximate surface area is 95.3 Å². The largest absolute Gasteiger partial charge is 0.489 e. The second kappa shape index (κ2) is 4.84. The Hall–Kier alpha value is -1.77. The summed E-state index contributed by atoms with van der Waals surface area (Å²) >= 11 is 0. The fourth-order valence-corrected chi connectivity index (χ4v) is 1.46. The molecule has 0 N–H and O–H groups in total. The summed E-state index contributed by atoms with van der Waals surface area (Å²) in [5.41, 5.74) is 2.02. The molecule has 0 saturated carbocycles. The summed E-state index contributed by atoms with van der Waals surface area (Å²) in [6.45, 7) is 0.463. The van der Waals surface area contributed by atoms with Crippen LogP contribution in [-0.2, 0) is 6.61 Å². The molecule has 0 radical (unpaired) electrons. The molecule has 0 aliphatic carbocycles. The van der Waals surface area contributed by atoms with Gasteiger partial charge < -0.3 is 4.74 Å². The van der Waals surface area contributed by atoms with E-state index >= 15 is 0 Å². The molecule has 80 valence electrons. The molecule has 0 spiro atoms. The maximum Gasteiger partial charge on any atom is 0.144 e. The SMILES string of the molecule is Bc1ccc(F)cc1OCc1ccccc1. The first-order chi connectivity index (χ1) is 7.75. The molecule has 0 amide bonds. The molecule has 0 aliphatic heterocycles. The number of halogens is 1. The van der Waals surface area contributed by atoms with Crippen molar-refractivity contribution in [3.05, 3.63) is 59.9 Å². The molecule has 2 rings (SSSR count). The Morgan fingerprint density at radius 1 is 1.06 bits per heavy atom. The Morgan fingerprint density at radius 2 is 1.81 bits per heavy atom. The average Bonchev–Trinajstić information content (AvgIpc) is 2.32. The van der Waals surface area contributed by atoms with Crippen LogP contribution in [0.3, 0.4) is 0 Å². The zero-order valence-electron chi connectivity index (χ0n) is 9.11. The standard InChI is InChI=1S/C13H12BFO/c14-12-7-6-11(15)8-13(12)16-9-10-4-2-1-3-5-10/h1-8H,9,14H2. The van der Waals surface area contributed by atoms with Crippen LogP contribution >= 0.6 is 0 Å². The third-order valence-corrected chi connectivity index (χ3v) is 2.39. The lowest BCUT2D eigenvalue weighted by atomic mass is 9.95. The normalized spacial score (nSPS) is 10.1. The monoisotopic (exact) mass is 214 g/mol. The van der Waals surface area contributed by atoms with Gasteiger partial charge in [0.25, 0.3) is 0 Å². The molecule has 0 fully saturated rings. The van der Waals surface area contributed by atoms with Crippen LogP contribution in [0.1, 0.15) is 5.56 Å². The summed E-state index contributed by atoms with van der Waals surface area (Å²) in [5.74, 6) is 0.331. The highest BCUT2D eigenvalue weighted by atomic mass is 19.1. The molecule has 0 atom stereocenters. The molecule has 2 aromatic rings. The van der Waals surface area contributed by atoms with Crippen LogP contribution in [0.15, 0.2) is 48.5 Å². The molecule has 16 heavy (non-hydrogen) atoms. The van der Waals surface area contributed by atoms with E-state index < -0.39 is 0 Å². The Bertz CT molecular complexity index is 471. The van der Waals surface area contributed by atoms with E-state index in [-0.39, 0.29) is 5.82 Å². The molecular weight excluding hydrogens is 202 g/mol. The van der Waals surface area contributed by atoms with Gasteiger partial charge in [-0.25, -0.2) is 4.39 Å². The van der Waals surface area contributed by atoms with Gasteiger partial charge in [-0.15, -0.1) is 0 Å². The van der Waals surface area contributed by atoms with Gasteiger partial charge in [0, 0.05) is 6.07 Å². The molecule has 1 nitrogen and oxygen atoms in total. The van der Waals surface area contributed by atoms with Gasteiger partial charge >= 0.3 is 0 Å². The van der Waals surface area contributed by atoms with Crippen LogP contribution in [0.5, 0.6) is 5.75 Å². The first-order valence-electron chi connectivity index (χ1n) is 5.18. The molecule has 2 aromatic carbocycles. The topological polar surface area (TPSA) is 9.23 Å². The van der Waals surface area contributed by atoms with Crippen LogP contribution in [0, 0.1) is 5.82 Å². The lowest BCUT2D eigenvalue weighted by molar-refractivity contribution is 0.307. The van der Waals surface area contributed by atoms with Crippen molar-refractivity contribution in [1.82, 2.24) is 0 Å². The smallest absolute Gasteiger partial charge is 0.144 e. The average molecular weight is 214 g/mol. The van der Waals surface area contributed by atoms with Gasteiger partial charge in [-0.1, -0.05) is 36.4 Å². The van der Waals surface area contributed by atoms with E-state index in [1.807, 2.05) is 38.2 Å². The van der Waals surface area contributed by atoms with Gasteiger partial charge in [0.05, 0.1) is 0 Å². The van der Waals surface area contributed by atoms with Crippen molar-refractivity contribution in [3.63, 3.8) is 0 Å². The van der Waals surface area contributed by atoms with Gasteiger partial charge in [-0.3, -0.25) is 0 Å². The van der Waals surface area contributed by atoms with E-state index in [2.05, 4.69) is 0 Å². The maximum absolute atomic E-state index is 13.0. The van der Waals surface area contributed by atoms with E-state index in [0.29, 0.717) is 12.4 Å². The third-order valence-electron chi connectivity index (χ3n) is 2.39. The minimum Gasteiger partial charge on any atom is -0.489 e. The molecule has 3 heteroatoms. The Kier molecular flexibility index (Phi) is 3.25. The number of hydrogen-bond donors (Lipinski definition) is 0. The highest BCUT2D eigenvalue weighted by molar-refractivity contribution is 6.34. The van der Waals surface area contributed by atoms with Crippen LogP contribution in [-0.4, -0.2) is 7.85 Å². The van der Waals surface area contributed by atoms with Crippen molar-refractivity contribution in [1.29, 1.82) is 0 Å². The summed E-state index contributed by atoms with van der Waals surface area (Å²) in [6.07, 6.45) is 0. The second-order valence-corrected chi connectivity index (χ2v) is 3.68. The zero-order chi connectivity index (χ0) is 11.4. The van der Waals surface area contributed by atoms with Crippen LogP contribution in [0.4, 0.5) is 4.39 Å². The van der Waals surface area contributed by atoms with Gasteiger partial charge in [-0.2, -0.15) is 0 Å². The van der Waals surface area contributed by atoms with Crippen molar-refractivity contribution in [2.75, 3.05) is 0 Å². The molecule has 0 aromatic heterocycles. The van der Waals surface area contributed by atoms with E-state index in [1.54, 1.807) is 6.07 Å². The van der Waals surface area contributed by atoms with Crippen LogP contribution < -0.4 is 10.2 Å². The number of hydrogen-bond acceptors (Lipinski definition) is 1. The van der Waals surface area contributed by atoms with Gasteiger partial charge in [0.1, 0.15) is 26.0 Å². The number of benzene rings is 2. The minimum atomic E-state index is -0.270. The second-order valence-electron chi connectivity index (χ2n) is 3.68. The van der Waals surface area contributed by atoms with Crippen molar-refractivity contribution < 1.29 is 9.13 Å². The van der Waals surface area contributed by atoms with Crippen molar-refractivity contribution in [2.24, 2.45) is 0 Å². The molecule has 0 heterocycles. The number of ether oxygens (including phenoxy) is 1. The Balaban J connectivity index is 2.08. The fraction of sp³-hybridized carbons (Fsp3) is 0.0769. The van der Waals surface area contributed by atoms with Crippen LogP contribution in [0.25, 0.3) is 0 Å². The minimum absolute atomic E-state index is 0.270. The third kappa shape index (κ3) is 2.63. The first-order valence-corrected chi connectivity index (χ1v) is 5.18. The molecule has 0 aliphatic rings. The summed E-state index contributed by atoms with van der Waals surface area (Å²) in [4.78, 5) is 0. The van der Waals surface area contributed by atoms with Gasteiger partial charge in [0.2, 0.25) is 0 Å². The summed E-state index contributed by atoms with van der Waals surface area (Å²) in [5, 5.41) is 0. The summed E-state index contributed by atoms with van der Waals surface area (Å²) in [7, 11) is 1.90. The predicted molar refractivity (Wildman–Crippen MR) is 65.4 cm³/mol. The predicted octanol–water partition coefficient (Wildman–Crippen LogP) is 1.66. The summed E-state index contributed by atoms with van der Waals surface area (Å²) < 4.78 is 18.6. The van der Waals surface area contributed by atoms with E-state index in [4.69, 9.17) is 4.74 Å².